The minimum Gasteiger partial charge on any atom is -0.368 e. The molecule has 152 valence electrons. The molecular weight excluding hydrogens is 523 g/mol. The summed E-state index contributed by atoms with van der Waals surface area (Å²) in [6, 6.07) is 13.0. The van der Waals surface area contributed by atoms with Gasteiger partial charge >= 0.3 is 0 Å². The Morgan fingerprint density at radius 1 is 1.07 bits per heavy atom. The van der Waals surface area contributed by atoms with Crippen LogP contribution in [0, 0.1) is 3.57 Å². The van der Waals surface area contributed by atoms with Crippen LogP contribution in [0.25, 0.3) is 0 Å². The Morgan fingerprint density at radius 2 is 1.72 bits per heavy atom. The van der Waals surface area contributed by atoms with Gasteiger partial charge in [0.25, 0.3) is 5.91 Å². The number of amides is 2. The first-order valence-electron chi connectivity index (χ1n) is 9.01. The molecular formula is C20H20ClIN4O2S. The Bertz CT molecular complexity index is 931. The molecule has 0 aliphatic carbocycles. The molecule has 1 aliphatic rings. The molecule has 2 N–H and O–H groups in total. The van der Waals surface area contributed by atoms with Crippen molar-refractivity contribution in [2.45, 2.75) is 6.92 Å². The van der Waals surface area contributed by atoms with Gasteiger partial charge in [0.2, 0.25) is 5.91 Å². The van der Waals surface area contributed by atoms with Gasteiger partial charge in [-0.1, -0.05) is 11.6 Å². The zero-order chi connectivity index (χ0) is 21.0. The highest BCUT2D eigenvalue weighted by atomic mass is 127. The molecule has 2 amide bonds. The van der Waals surface area contributed by atoms with Crippen LogP contribution in [0.15, 0.2) is 42.5 Å². The minimum absolute atomic E-state index is 0.117. The lowest BCUT2D eigenvalue weighted by atomic mass is 10.2. The first-order valence-corrected chi connectivity index (χ1v) is 10.9. The Morgan fingerprint density at radius 3 is 2.34 bits per heavy atom. The van der Waals surface area contributed by atoms with Crippen molar-refractivity contribution in [2.75, 3.05) is 36.4 Å². The average Bonchev–Trinajstić information content (AvgIpc) is 2.70. The number of hydrogen-bond acceptors (Lipinski definition) is 4. The van der Waals surface area contributed by atoms with E-state index in [0.717, 1.165) is 41.1 Å². The Kier molecular flexibility index (Phi) is 7.31. The molecule has 0 radical (unpaired) electrons. The standard InChI is InChI=1S/C20H20ClIN4O2S/c1-13(27)25-8-10-26(11-9-25)16-5-3-15(4-6-16)23-20(29)24-19(28)17-12-14(22)2-7-18(17)21/h2-7,12H,8-11H2,1H3,(H2,23,24,28,29). The molecule has 0 saturated carbocycles. The second kappa shape index (κ2) is 9.73. The van der Waals surface area contributed by atoms with Crippen LogP contribution in [-0.2, 0) is 4.79 Å². The Hall–Kier alpha value is -1.91. The fourth-order valence-electron chi connectivity index (χ4n) is 3.04. The molecule has 1 heterocycles. The lowest BCUT2D eigenvalue weighted by Crippen LogP contribution is -2.48. The van der Waals surface area contributed by atoms with Crippen molar-refractivity contribution in [3.8, 4) is 0 Å². The average molecular weight is 543 g/mol. The molecule has 0 atom stereocenters. The first kappa shape index (κ1) is 21.8. The van der Waals surface area contributed by atoms with Crippen molar-refractivity contribution < 1.29 is 9.59 Å². The van der Waals surface area contributed by atoms with Crippen molar-refractivity contribution in [3.05, 3.63) is 56.6 Å². The summed E-state index contributed by atoms with van der Waals surface area (Å²) in [5.74, 6) is -0.239. The number of piperazine rings is 1. The molecule has 6 nitrogen and oxygen atoms in total. The normalized spacial score (nSPS) is 13.8. The molecule has 9 heteroatoms. The van der Waals surface area contributed by atoms with E-state index in [0.29, 0.717) is 10.6 Å². The van der Waals surface area contributed by atoms with Crippen LogP contribution in [0.5, 0.6) is 0 Å². The van der Waals surface area contributed by atoms with Gasteiger partial charge in [-0.2, -0.15) is 0 Å². The van der Waals surface area contributed by atoms with E-state index in [-0.39, 0.29) is 16.9 Å². The quantitative estimate of drug-likeness (QED) is 0.457. The van der Waals surface area contributed by atoms with Gasteiger partial charge in [0.15, 0.2) is 5.11 Å². The Balaban J connectivity index is 1.55. The molecule has 1 saturated heterocycles. The zero-order valence-corrected chi connectivity index (χ0v) is 19.5. The first-order chi connectivity index (χ1) is 13.8. The van der Waals surface area contributed by atoms with Crippen LogP contribution in [0.4, 0.5) is 11.4 Å². The third-order valence-electron chi connectivity index (χ3n) is 4.62. The summed E-state index contributed by atoms with van der Waals surface area (Å²) in [7, 11) is 0. The van der Waals surface area contributed by atoms with Crippen molar-refractivity contribution in [3.63, 3.8) is 0 Å². The Labute approximate surface area is 193 Å². The predicted octanol–water partition coefficient (Wildman–Crippen LogP) is 3.74. The second-order valence-corrected chi connectivity index (χ2v) is 8.63. The summed E-state index contributed by atoms with van der Waals surface area (Å²) in [5, 5.41) is 6.24. The molecule has 0 aromatic heterocycles. The fourth-order valence-corrected chi connectivity index (χ4v) is 3.94. The largest absolute Gasteiger partial charge is 0.368 e. The number of halogens is 2. The predicted molar refractivity (Wildman–Crippen MR) is 129 cm³/mol. The number of hydrogen-bond donors (Lipinski definition) is 2. The summed E-state index contributed by atoms with van der Waals surface area (Å²) < 4.78 is 0.913. The molecule has 0 spiro atoms. The van der Waals surface area contributed by atoms with Gasteiger partial charge in [-0.05, 0) is 77.3 Å². The molecule has 29 heavy (non-hydrogen) atoms. The summed E-state index contributed by atoms with van der Waals surface area (Å²) in [4.78, 5) is 27.9. The van der Waals surface area contributed by atoms with Crippen LogP contribution in [0.1, 0.15) is 17.3 Å². The van der Waals surface area contributed by atoms with Gasteiger partial charge in [0.05, 0.1) is 10.6 Å². The fraction of sp³-hybridized carbons (Fsp3) is 0.250. The monoisotopic (exact) mass is 542 g/mol. The summed E-state index contributed by atoms with van der Waals surface area (Å²) in [6.07, 6.45) is 0. The van der Waals surface area contributed by atoms with Crippen molar-refractivity contribution >= 4 is 74.7 Å². The third kappa shape index (κ3) is 5.80. The van der Waals surface area contributed by atoms with E-state index in [9.17, 15) is 9.59 Å². The molecule has 3 rings (SSSR count). The maximum atomic E-state index is 12.4. The smallest absolute Gasteiger partial charge is 0.258 e. The number of nitrogens with one attached hydrogen (secondary N) is 2. The van der Waals surface area contributed by atoms with Crippen LogP contribution in [-0.4, -0.2) is 48.0 Å². The third-order valence-corrected chi connectivity index (χ3v) is 5.82. The highest BCUT2D eigenvalue weighted by Gasteiger charge is 2.18. The van der Waals surface area contributed by atoms with Crippen LogP contribution < -0.4 is 15.5 Å². The van der Waals surface area contributed by atoms with Gasteiger partial charge in [0, 0.05) is 48.0 Å². The lowest BCUT2D eigenvalue weighted by molar-refractivity contribution is -0.129. The summed E-state index contributed by atoms with van der Waals surface area (Å²) in [6.45, 7) is 4.66. The van der Waals surface area contributed by atoms with Gasteiger partial charge in [-0.25, -0.2) is 0 Å². The topological polar surface area (TPSA) is 64.7 Å². The number of nitrogens with zero attached hydrogens (tertiary/aromatic N) is 2. The zero-order valence-electron chi connectivity index (χ0n) is 15.7. The van der Waals surface area contributed by atoms with Crippen molar-refractivity contribution in [1.82, 2.24) is 10.2 Å². The second-order valence-electron chi connectivity index (χ2n) is 6.57. The van der Waals surface area contributed by atoms with Crippen LogP contribution >= 0.6 is 46.4 Å². The molecule has 0 unspecified atom stereocenters. The highest BCUT2D eigenvalue weighted by Crippen LogP contribution is 2.21. The summed E-state index contributed by atoms with van der Waals surface area (Å²) in [5.41, 5.74) is 2.23. The van der Waals surface area contributed by atoms with Crippen molar-refractivity contribution in [2.24, 2.45) is 0 Å². The maximum Gasteiger partial charge on any atom is 0.258 e. The van der Waals surface area contributed by atoms with Crippen LogP contribution in [0.2, 0.25) is 5.02 Å². The highest BCUT2D eigenvalue weighted by molar-refractivity contribution is 14.1. The SMILES string of the molecule is CC(=O)N1CCN(c2ccc(NC(=S)NC(=O)c3cc(I)ccc3Cl)cc2)CC1. The molecule has 2 aromatic carbocycles. The van der Waals surface area contributed by atoms with E-state index in [1.807, 2.05) is 35.2 Å². The number of rotatable bonds is 3. The molecule has 1 aliphatic heterocycles. The van der Waals surface area contributed by atoms with E-state index < -0.39 is 0 Å². The van der Waals surface area contributed by atoms with E-state index in [1.54, 1.807) is 19.1 Å². The molecule has 0 bridgehead atoms. The number of anilines is 2. The van der Waals surface area contributed by atoms with E-state index in [2.05, 4.69) is 38.1 Å². The number of carbonyl (C=O) groups excluding carboxylic acids is 2. The van der Waals surface area contributed by atoms with Crippen molar-refractivity contribution in [1.29, 1.82) is 0 Å². The van der Waals surface area contributed by atoms with E-state index >= 15 is 0 Å². The number of benzene rings is 2. The number of carbonyl (C=O) groups is 2. The maximum absolute atomic E-state index is 12.4. The van der Waals surface area contributed by atoms with Gasteiger partial charge in [-0.15, -0.1) is 0 Å². The van der Waals surface area contributed by atoms with Crippen LogP contribution in [0.3, 0.4) is 0 Å². The molecule has 2 aromatic rings. The van der Waals surface area contributed by atoms with Gasteiger partial charge in [-0.3, -0.25) is 14.9 Å². The van der Waals surface area contributed by atoms with E-state index in [1.165, 1.54) is 0 Å². The molecule has 1 fully saturated rings. The van der Waals surface area contributed by atoms with E-state index in [4.69, 9.17) is 23.8 Å². The minimum atomic E-state index is -0.356. The number of thiocarbonyl (C=S) groups is 1. The summed E-state index contributed by atoms with van der Waals surface area (Å²) >= 11 is 13.5. The lowest BCUT2D eigenvalue weighted by Gasteiger charge is -2.35. The van der Waals surface area contributed by atoms with Gasteiger partial charge in [0.1, 0.15) is 0 Å². The van der Waals surface area contributed by atoms with Gasteiger partial charge < -0.3 is 15.1 Å².